The van der Waals surface area contributed by atoms with Crippen LogP contribution in [0.2, 0.25) is 0 Å². The summed E-state index contributed by atoms with van der Waals surface area (Å²) in [6, 6.07) is 5.35. The zero-order valence-corrected chi connectivity index (χ0v) is 11.9. The lowest BCUT2D eigenvalue weighted by molar-refractivity contribution is 0.180. The number of urea groups is 1. The molecule has 0 aliphatic heterocycles. The zero-order valence-electron chi connectivity index (χ0n) is 11.9. The molecule has 112 valence electrons. The lowest BCUT2D eigenvalue weighted by atomic mass is 10.2. The number of rotatable bonds is 6. The van der Waals surface area contributed by atoms with Gasteiger partial charge < -0.3 is 15.3 Å². The topological polar surface area (TPSA) is 83.3 Å². The zero-order chi connectivity index (χ0) is 15.1. The van der Waals surface area contributed by atoms with Crippen molar-refractivity contribution in [2.75, 3.05) is 19.7 Å². The summed E-state index contributed by atoms with van der Waals surface area (Å²) in [5, 5.41) is 15.8. The maximum absolute atomic E-state index is 11.9. The Morgan fingerprint density at radius 3 is 3.00 bits per heavy atom. The molecule has 2 rings (SSSR count). The number of aromatic nitrogens is 3. The molecule has 0 bridgehead atoms. The Hall–Kier alpha value is -2.41. The Kier molecular flexibility index (Phi) is 5.28. The molecule has 0 saturated carbocycles. The fraction of sp³-hybridized carbons (Fsp3) is 0.357. The summed E-state index contributed by atoms with van der Waals surface area (Å²) in [5.74, 6) is 0.703. The largest absolute Gasteiger partial charge is 0.395 e. The Morgan fingerprint density at radius 2 is 2.33 bits per heavy atom. The average molecular weight is 289 g/mol. The van der Waals surface area contributed by atoms with Gasteiger partial charge in [-0.25, -0.2) is 14.5 Å². The minimum absolute atomic E-state index is 0.0417. The van der Waals surface area contributed by atoms with E-state index in [4.69, 9.17) is 5.11 Å². The molecule has 0 radical (unpaired) electrons. The quantitative estimate of drug-likeness (QED) is 0.823. The first kappa shape index (κ1) is 15.0. The van der Waals surface area contributed by atoms with Gasteiger partial charge >= 0.3 is 6.03 Å². The van der Waals surface area contributed by atoms with Crippen molar-refractivity contribution in [3.63, 3.8) is 0 Å². The maximum atomic E-state index is 11.9. The number of amides is 2. The smallest absolute Gasteiger partial charge is 0.317 e. The van der Waals surface area contributed by atoms with Gasteiger partial charge in [0, 0.05) is 38.2 Å². The third-order valence-electron chi connectivity index (χ3n) is 3.03. The number of hydrogen-bond donors (Lipinski definition) is 2. The average Bonchev–Trinajstić information content (AvgIpc) is 3.05. The summed E-state index contributed by atoms with van der Waals surface area (Å²) in [5.41, 5.74) is 0.934. The molecule has 0 spiro atoms. The van der Waals surface area contributed by atoms with Crippen LogP contribution in [0.15, 0.2) is 36.8 Å². The minimum Gasteiger partial charge on any atom is -0.395 e. The molecule has 0 aliphatic carbocycles. The van der Waals surface area contributed by atoms with Gasteiger partial charge in [0.2, 0.25) is 0 Å². The van der Waals surface area contributed by atoms with Crippen LogP contribution in [0.25, 0.3) is 5.82 Å². The highest BCUT2D eigenvalue weighted by atomic mass is 16.3. The highest BCUT2D eigenvalue weighted by molar-refractivity contribution is 5.74. The number of carbonyl (C=O) groups is 1. The van der Waals surface area contributed by atoms with Crippen molar-refractivity contribution >= 4 is 6.03 Å². The van der Waals surface area contributed by atoms with Crippen LogP contribution in [0, 0.1) is 0 Å². The number of nitrogens with one attached hydrogen (secondary N) is 1. The maximum Gasteiger partial charge on any atom is 0.317 e. The second-order valence-electron chi connectivity index (χ2n) is 4.43. The van der Waals surface area contributed by atoms with Gasteiger partial charge in [0.05, 0.1) is 6.61 Å². The molecular formula is C14H19N5O2. The molecule has 0 atom stereocenters. The van der Waals surface area contributed by atoms with Crippen LogP contribution >= 0.6 is 0 Å². The molecular weight excluding hydrogens is 270 g/mol. The summed E-state index contributed by atoms with van der Waals surface area (Å²) in [7, 11) is 0. The van der Waals surface area contributed by atoms with Gasteiger partial charge in [-0.15, -0.1) is 0 Å². The van der Waals surface area contributed by atoms with Crippen LogP contribution < -0.4 is 5.32 Å². The molecule has 2 heterocycles. The highest BCUT2D eigenvalue weighted by Gasteiger charge is 2.10. The van der Waals surface area contributed by atoms with E-state index in [9.17, 15) is 4.79 Å². The molecule has 0 saturated heterocycles. The standard InChI is InChI=1S/C14H19N5O2/c1-2-18(8-9-20)14(21)16-11-12-4-6-15-13(10-12)19-7-3-5-17-19/h3-7,10,20H,2,8-9,11H2,1H3,(H,16,21). The molecule has 0 unspecified atom stereocenters. The number of pyridine rings is 1. The summed E-state index contributed by atoms with van der Waals surface area (Å²) in [6.45, 7) is 3.12. The van der Waals surface area contributed by atoms with Crippen LogP contribution in [-0.4, -0.2) is 50.5 Å². The Morgan fingerprint density at radius 1 is 1.48 bits per heavy atom. The number of aliphatic hydroxyl groups is 1. The predicted octanol–water partition coefficient (Wildman–Crippen LogP) is 0.791. The number of aliphatic hydroxyl groups excluding tert-OH is 1. The van der Waals surface area contributed by atoms with E-state index in [0.717, 1.165) is 5.56 Å². The molecule has 7 nitrogen and oxygen atoms in total. The van der Waals surface area contributed by atoms with Gasteiger partial charge in [0.25, 0.3) is 0 Å². The van der Waals surface area contributed by atoms with Crippen molar-refractivity contribution in [1.82, 2.24) is 25.0 Å². The molecule has 7 heteroatoms. The number of likely N-dealkylation sites (N-methyl/N-ethyl adjacent to an activating group) is 1. The van der Waals surface area contributed by atoms with Crippen LogP contribution in [0.5, 0.6) is 0 Å². The lowest BCUT2D eigenvalue weighted by Crippen LogP contribution is -2.41. The minimum atomic E-state index is -0.191. The first-order valence-corrected chi connectivity index (χ1v) is 6.83. The van der Waals surface area contributed by atoms with Crippen LogP contribution in [0.1, 0.15) is 12.5 Å². The third kappa shape index (κ3) is 4.03. The van der Waals surface area contributed by atoms with E-state index in [1.165, 1.54) is 0 Å². The third-order valence-corrected chi connectivity index (χ3v) is 3.03. The molecule has 2 amide bonds. The summed E-state index contributed by atoms with van der Waals surface area (Å²) in [4.78, 5) is 17.7. The fourth-order valence-electron chi connectivity index (χ4n) is 1.91. The molecule has 2 aromatic rings. The molecule has 0 aromatic carbocycles. The van der Waals surface area contributed by atoms with E-state index >= 15 is 0 Å². The Balaban J connectivity index is 1.97. The Labute approximate surface area is 123 Å². The van der Waals surface area contributed by atoms with Gasteiger partial charge in [-0.05, 0) is 30.7 Å². The SMILES string of the molecule is CCN(CCO)C(=O)NCc1ccnc(-n2cccn2)c1. The van der Waals surface area contributed by atoms with Crippen molar-refractivity contribution in [3.05, 3.63) is 42.4 Å². The predicted molar refractivity (Wildman–Crippen MR) is 77.9 cm³/mol. The van der Waals surface area contributed by atoms with Crippen molar-refractivity contribution in [2.45, 2.75) is 13.5 Å². The van der Waals surface area contributed by atoms with E-state index in [0.29, 0.717) is 25.5 Å². The molecule has 0 fully saturated rings. The lowest BCUT2D eigenvalue weighted by Gasteiger charge is -2.20. The highest BCUT2D eigenvalue weighted by Crippen LogP contribution is 2.06. The fourth-order valence-corrected chi connectivity index (χ4v) is 1.91. The van der Waals surface area contributed by atoms with E-state index in [1.54, 1.807) is 22.0 Å². The van der Waals surface area contributed by atoms with Gasteiger partial charge in [-0.3, -0.25) is 0 Å². The number of nitrogens with zero attached hydrogens (tertiary/aromatic N) is 4. The molecule has 0 aliphatic rings. The summed E-state index contributed by atoms with van der Waals surface area (Å²) in [6.07, 6.45) is 5.18. The van der Waals surface area contributed by atoms with Crippen LogP contribution in [0.4, 0.5) is 4.79 Å². The monoisotopic (exact) mass is 289 g/mol. The summed E-state index contributed by atoms with van der Waals surface area (Å²) >= 11 is 0. The summed E-state index contributed by atoms with van der Waals surface area (Å²) < 4.78 is 1.66. The van der Waals surface area contributed by atoms with Crippen molar-refractivity contribution in [2.24, 2.45) is 0 Å². The van der Waals surface area contributed by atoms with Crippen molar-refractivity contribution in [3.8, 4) is 5.82 Å². The van der Waals surface area contributed by atoms with Gasteiger partial charge in [0.1, 0.15) is 0 Å². The second-order valence-corrected chi connectivity index (χ2v) is 4.43. The Bertz CT molecular complexity index is 571. The van der Waals surface area contributed by atoms with Gasteiger partial charge in [-0.1, -0.05) is 0 Å². The van der Waals surface area contributed by atoms with E-state index in [2.05, 4.69) is 15.4 Å². The van der Waals surface area contributed by atoms with Crippen LogP contribution in [0.3, 0.4) is 0 Å². The van der Waals surface area contributed by atoms with E-state index < -0.39 is 0 Å². The molecule has 2 N–H and O–H groups in total. The normalized spacial score (nSPS) is 10.4. The van der Waals surface area contributed by atoms with Crippen LogP contribution in [-0.2, 0) is 6.54 Å². The van der Waals surface area contributed by atoms with Gasteiger partial charge in [0.15, 0.2) is 5.82 Å². The molecule has 21 heavy (non-hydrogen) atoms. The first-order chi connectivity index (χ1) is 10.2. The number of carbonyl (C=O) groups excluding carboxylic acids is 1. The van der Waals surface area contributed by atoms with Crippen molar-refractivity contribution < 1.29 is 9.90 Å². The van der Waals surface area contributed by atoms with E-state index in [-0.39, 0.29) is 12.6 Å². The van der Waals surface area contributed by atoms with Gasteiger partial charge in [-0.2, -0.15) is 5.10 Å². The first-order valence-electron chi connectivity index (χ1n) is 6.83. The number of hydrogen-bond acceptors (Lipinski definition) is 4. The second kappa shape index (κ2) is 7.39. The molecule has 2 aromatic heterocycles. The van der Waals surface area contributed by atoms with E-state index in [1.807, 2.05) is 31.3 Å². The van der Waals surface area contributed by atoms with Crippen molar-refractivity contribution in [1.29, 1.82) is 0 Å².